The van der Waals surface area contributed by atoms with Crippen LogP contribution in [0.5, 0.6) is 5.75 Å². The Balaban J connectivity index is 1.53. The third-order valence-corrected chi connectivity index (χ3v) is 6.01. The second-order valence-electron chi connectivity index (χ2n) is 6.55. The lowest BCUT2D eigenvalue weighted by molar-refractivity contribution is -0.140. The number of amidine groups is 1. The van der Waals surface area contributed by atoms with Gasteiger partial charge >= 0.3 is 5.97 Å². The molecule has 2 aromatic carbocycles. The topological polar surface area (TPSA) is 76.0 Å². The lowest BCUT2D eigenvalue weighted by Gasteiger charge is -2.32. The Morgan fingerprint density at radius 1 is 1.19 bits per heavy atom. The number of rotatable bonds is 2. The number of benzene rings is 2. The fraction of sp³-hybridized carbons (Fsp3) is 0.263. The van der Waals surface area contributed by atoms with E-state index in [2.05, 4.69) is 4.40 Å². The predicted octanol–water partition coefficient (Wildman–Crippen LogP) is 2.59. The molecule has 0 N–H and O–H groups in total. The van der Waals surface area contributed by atoms with Crippen molar-refractivity contribution < 1.29 is 22.3 Å². The smallest absolute Gasteiger partial charge is 0.316 e. The zero-order valence-corrected chi connectivity index (χ0v) is 15.2. The van der Waals surface area contributed by atoms with Gasteiger partial charge in [0.25, 0.3) is 10.0 Å². The van der Waals surface area contributed by atoms with Gasteiger partial charge in [-0.25, -0.2) is 4.39 Å². The molecule has 1 fully saturated rings. The molecule has 1 saturated heterocycles. The minimum Gasteiger partial charge on any atom is -0.426 e. The minimum atomic E-state index is -3.71. The van der Waals surface area contributed by atoms with Gasteiger partial charge in [-0.15, -0.1) is 4.40 Å². The van der Waals surface area contributed by atoms with Crippen molar-refractivity contribution in [1.29, 1.82) is 0 Å². The number of hydrogen-bond acceptors (Lipinski definition) is 5. The van der Waals surface area contributed by atoms with E-state index >= 15 is 0 Å². The van der Waals surface area contributed by atoms with Gasteiger partial charge in [0.05, 0.1) is 5.92 Å². The quantitative estimate of drug-likeness (QED) is 0.584. The average molecular weight is 388 g/mol. The molecule has 2 heterocycles. The number of fused-ring (bicyclic) bond motifs is 1. The lowest BCUT2D eigenvalue weighted by atomic mass is 9.97. The summed E-state index contributed by atoms with van der Waals surface area (Å²) in [5.41, 5.74) is 0.552. The number of sulfonamides is 1. The fourth-order valence-corrected chi connectivity index (χ4v) is 4.64. The highest BCUT2D eigenvalue weighted by Crippen LogP contribution is 2.30. The van der Waals surface area contributed by atoms with Crippen LogP contribution in [0, 0.1) is 11.7 Å². The van der Waals surface area contributed by atoms with Gasteiger partial charge in [0.1, 0.15) is 16.5 Å². The van der Waals surface area contributed by atoms with Gasteiger partial charge in [0.15, 0.2) is 5.84 Å². The number of hydrogen-bond donors (Lipinski definition) is 0. The van der Waals surface area contributed by atoms with Crippen LogP contribution in [0.25, 0.3) is 0 Å². The van der Waals surface area contributed by atoms with E-state index in [4.69, 9.17) is 4.74 Å². The summed E-state index contributed by atoms with van der Waals surface area (Å²) in [4.78, 5) is 14.5. The minimum absolute atomic E-state index is 0.156. The van der Waals surface area contributed by atoms with Crippen LogP contribution in [0.3, 0.4) is 0 Å². The summed E-state index contributed by atoms with van der Waals surface area (Å²) in [7, 11) is -3.71. The number of piperidine rings is 1. The fourth-order valence-electron chi connectivity index (χ4n) is 3.41. The maximum Gasteiger partial charge on any atom is 0.316 e. The molecule has 2 aromatic rings. The molecule has 4 rings (SSSR count). The predicted molar refractivity (Wildman–Crippen MR) is 96.5 cm³/mol. The van der Waals surface area contributed by atoms with Crippen molar-refractivity contribution in [1.82, 2.24) is 4.90 Å². The number of nitrogens with zero attached hydrogens (tertiary/aromatic N) is 2. The van der Waals surface area contributed by atoms with Gasteiger partial charge in [-0.2, -0.15) is 8.42 Å². The molecule has 2 aliphatic rings. The van der Waals surface area contributed by atoms with Crippen LogP contribution in [0.2, 0.25) is 0 Å². The van der Waals surface area contributed by atoms with E-state index in [0.717, 1.165) is 6.07 Å². The molecule has 0 amide bonds. The maximum atomic E-state index is 13.3. The molecular formula is C19H17FN2O4S. The van der Waals surface area contributed by atoms with E-state index in [1.54, 1.807) is 18.2 Å². The summed E-state index contributed by atoms with van der Waals surface area (Å²) < 4.78 is 47.0. The Labute approximate surface area is 156 Å². The summed E-state index contributed by atoms with van der Waals surface area (Å²) >= 11 is 0. The monoisotopic (exact) mass is 388 g/mol. The summed E-state index contributed by atoms with van der Waals surface area (Å²) in [6, 6.07) is 12.1. The summed E-state index contributed by atoms with van der Waals surface area (Å²) in [6.45, 7) is 0.906. The SMILES string of the molecule is O=C(Oc1cccc(F)c1)C1CCCN(C2=NS(=O)(=O)c3ccccc32)C1. The highest BCUT2D eigenvalue weighted by molar-refractivity contribution is 7.90. The Bertz CT molecular complexity index is 1040. The standard InChI is InChI=1S/C19H17FN2O4S/c20-14-6-3-7-15(11-14)26-19(23)13-5-4-10-22(12-13)18-16-8-1-2-9-17(16)27(24,25)21-18/h1-3,6-9,11,13H,4-5,10,12H2. The molecule has 0 radical (unpaired) electrons. The van der Waals surface area contributed by atoms with Crippen LogP contribution in [-0.2, 0) is 14.8 Å². The van der Waals surface area contributed by atoms with E-state index < -0.39 is 27.7 Å². The van der Waals surface area contributed by atoms with Crippen LogP contribution in [-0.4, -0.2) is 38.2 Å². The molecule has 1 atom stereocenters. The van der Waals surface area contributed by atoms with Crippen molar-refractivity contribution in [2.24, 2.45) is 10.3 Å². The number of ether oxygens (including phenoxy) is 1. The van der Waals surface area contributed by atoms with Gasteiger partial charge in [0, 0.05) is 24.7 Å². The van der Waals surface area contributed by atoms with Gasteiger partial charge < -0.3 is 9.64 Å². The van der Waals surface area contributed by atoms with Crippen LogP contribution in [0.4, 0.5) is 4.39 Å². The first kappa shape index (κ1) is 17.7. The van der Waals surface area contributed by atoms with Crippen molar-refractivity contribution in [2.75, 3.05) is 13.1 Å². The lowest BCUT2D eigenvalue weighted by Crippen LogP contribution is -2.43. The molecule has 140 valence electrons. The van der Waals surface area contributed by atoms with E-state index in [9.17, 15) is 17.6 Å². The highest BCUT2D eigenvalue weighted by Gasteiger charge is 2.35. The first-order valence-corrected chi connectivity index (χ1v) is 10.0. The second kappa shape index (κ2) is 6.77. The number of likely N-dealkylation sites (tertiary alicyclic amines) is 1. The molecule has 0 aromatic heterocycles. The van der Waals surface area contributed by atoms with Crippen LogP contribution in [0.1, 0.15) is 18.4 Å². The van der Waals surface area contributed by atoms with Crippen LogP contribution >= 0.6 is 0 Å². The van der Waals surface area contributed by atoms with E-state index in [1.807, 2.05) is 4.90 Å². The molecule has 6 nitrogen and oxygen atoms in total. The van der Waals surface area contributed by atoms with Gasteiger partial charge in [-0.3, -0.25) is 4.79 Å². The molecule has 2 aliphatic heterocycles. The van der Waals surface area contributed by atoms with E-state index in [0.29, 0.717) is 37.3 Å². The maximum absolute atomic E-state index is 13.3. The zero-order chi connectivity index (χ0) is 19.0. The number of carbonyl (C=O) groups excluding carboxylic acids is 1. The second-order valence-corrected chi connectivity index (χ2v) is 8.12. The Morgan fingerprint density at radius 2 is 2.00 bits per heavy atom. The number of halogens is 1. The van der Waals surface area contributed by atoms with Crippen LogP contribution in [0.15, 0.2) is 57.8 Å². The van der Waals surface area contributed by atoms with Crippen molar-refractivity contribution in [2.45, 2.75) is 17.7 Å². The van der Waals surface area contributed by atoms with Crippen molar-refractivity contribution in [3.05, 3.63) is 59.9 Å². The summed E-state index contributed by atoms with van der Waals surface area (Å²) in [6.07, 6.45) is 1.32. The molecule has 0 spiro atoms. The molecule has 0 saturated carbocycles. The zero-order valence-electron chi connectivity index (χ0n) is 14.3. The van der Waals surface area contributed by atoms with Crippen molar-refractivity contribution in [3.8, 4) is 5.75 Å². The molecule has 27 heavy (non-hydrogen) atoms. The highest BCUT2D eigenvalue weighted by atomic mass is 32.2. The molecule has 0 bridgehead atoms. The molecule has 0 aliphatic carbocycles. The van der Waals surface area contributed by atoms with E-state index in [1.165, 1.54) is 24.3 Å². The molecule has 8 heteroatoms. The summed E-state index contributed by atoms with van der Waals surface area (Å²) in [5, 5.41) is 0. The Kier molecular flexibility index (Phi) is 4.43. The largest absolute Gasteiger partial charge is 0.426 e. The van der Waals surface area contributed by atoms with Crippen LogP contribution < -0.4 is 4.74 Å². The van der Waals surface area contributed by atoms with Gasteiger partial charge in [-0.1, -0.05) is 18.2 Å². The third-order valence-electron chi connectivity index (χ3n) is 4.68. The first-order chi connectivity index (χ1) is 12.9. The van der Waals surface area contributed by atoms with E-state index in [-0.39, 0.29) is 10.6 Å². The average Bonchev–Trinajstić information content (AvgIpc) is 2.93. The molecular weight excluding hydrogens is 371 g/mol. The van der Waals surface area contributed by atoms with Crippen molar-refractivity contribution >= 4 is 21.8 Å². The normalized spacial score (nSPS) is 20.7. The summed E-state index contributed by atoms with van der Waals surface area (Å²) in [5.74, 6) is -0.856. The first-order valence-electron chi connectivity index (χ1n) is 8.60. The number of esters is 1. The Morgan fingerprint density at radius 3 is 2.81 bits per heavy atom. The molecule has 1 unspecified atom stereocenters. The number of carbonyl (C=O) groups is 1. The van der Waals surface area contributed by atoms with Gasteiger partial charge in [-0.05, 0) is 37.1 Å². The van der Waals surface area contributed by atoms with Gasteiger partial charge in [0.2, 0.25) is 0 Å². The van der Waals surface area contributed by atoms with Crippen molar-refractivity contribution in [3.63, 3.8) is 0 Å². The Hall–Kier alpha value is -2.74. The third kappa shape index (κ3) is 3.44.